The van der Waals surface area contributed by atoms with Crippen LogP contribution in [0.5, 0.6) is 0 Å². The molecular weight excluding hydrogens is 380 g/mol. The Hall–Kier alpha value is -1.10. The second kappa shape index (κ2) is 7.50. The number of fused-ring (bicyclic) bond motifs is 5. The molecule has 30 heavy (non-hydrogen) atoms. The number of hydrogen-bond acceptors (Lipinski definition) is 5. The van der Waals surface area contributed by atoms with Crippen molar-refractivity contribution in [2.75, 3.05) is 0 Å². The summed E-state index contributed by atoms with van der Waals surface area (Å²) in [6.07, 6.45) is 9.02. The molecule has 0 amide bonds. The third kappa shape index (κ3) is 3.22. The maximum Gasteiger partial charge on any atom is 0.302 e. The van der Waals surface area contributed by atoms with E-state index in [1.807, 2.05) is 6.92 Å². The molecule has 0 spiro atoms. The second-order valence-corrected chi connectivity index (χ2v) is 11.3. The van der Waals surface area contributed by atoms with Crippen LogP contribution >= 0.6 is 0 Å². The van der Waals surface area contributed by atoms with Crippen molar-refractivity contribution in [1.82, 2.24) is 0 Å². The summed E-state index contributed by atoms with van der Waals surface area (Å²) in [6.45, 7) is 9.57. The van der Waals surface area contributed by atoms with Gasteiger partial charge < -0.3 is 14.6 Å². The predicted molar refractivity (Wildman–Crippen MR) is 113 cm³/mol. The van der Waals surface area contributed by atoms with Gasteiger partial charge in [0.15, 0.2) is 0 Å². The van der Waals surface area contributed by atoms with E-state index in [-0.39, 0.29) is 23.5 Å². The van der Waals surface area contributed by atoms with Gasteiger partial charge in [-0.2, -0.15) is 0 Å². The number of rotatable bonds is 3. The van der Waals surface area contributed by atoms with Gasteiger partial charge in [-0.25, -0.2) is 0 Å². The van der Waals surface area contributed by atoms with Gasteiger partial charge in [0.1, 0.15) is 17.8 Å². The van der Waals surface area contributed by atoms with Gasteiger partial charge >= 0.3 is 11.9 Å². The first-order valence-electron chi connectivity index (χ1n) is 12.1. The lowest BCUT2D eigenvalue weighted by atomic mass is 9.44. The van der Waals surface area contributed by atoms with E-state index in [0.717, 1.165) is 44.9 Å². The number of hydrogen-bond donors (Lipinski definition) is 1. The van der Waals surface area contributed by atoms with Crippen LogP contribution in [0.1, 0.15) is 92.4 Å². The second-order valence-electron chi connectivity index (χ2n) is 11.3. The predicted octanol–water partition coefficient (Wildman–Crippen LogP) is 4.64. The third-order valence-electron chi connectivity index (χ3n) is 10.2. The number of esters is 2. The third-order valence-corrected chi connectivity index (χ3v) is 10.2. The van der Waals surface area contributed by atoms with Crippen LogP contribution in [-0.4, -0.2) is 34.9 Å². The minimum absolute atomic E-state index is 0.0899. The summed E-state index contributed by atoms with van der Waals surface area (Å²) in [5.41, 5.74) is -0.816. The van der Waals surface area contributed by atoms with Crippen molar-refractivity contribution in [3.8, 4) is 0 Å². The summed E-state index contributed by atoms with van der Waals surface area (Å²) >= 11 is 0. The molecule has 4 aliphatic rings. The zero-order valence-electron chi connectivity index (χ0n) is 19.4. The Morgan fingerprint density at radius 1 is 0.933 bits per heavy atom. The molecular formula is C25H40O5. The summed E-state index contributed by atoms with van der Waals surface area (Å²) in [4.78, 5) is 23.0. The Labute approximate surface area is 181 Å². The van der Waals surface area contributed by atoms with Crippen LogP contribution in [0.3, 0.4) is 0 Å². The van der Waals surface area contributed by atoms with Crippen LogP contribution in [0.15, 0.2) is 0 Å². The van der Waals surface area contributed by atoms with E-state index in [4.69, 9.17) is 9.47 Å². The van der Waals surface area contributed by atoms with Gasteiger partial charge in [0.25, 0.3) is 0 Å². The molecule has 0 bridgehead atoms. The number of aliphatic hydroxyl groups is 1. The monoisotopic (exact) mass is 420 g/mol. The van der Waals surface area contributed by atoms with Gasteiger partial charge in [-0.1, -0.05) is 13.8 Å². The molecule has 0 radical (unpaired) electrons. The average Bonchev–Trinajstić information content (AvgIpc) is 2.93. The van der Waals surface area contributed by atoms with Crippen LogP contribution in [-0.2, 0) is 19.1 Å². The van der Waals surface area contributed by atoms with Gasteiger partial charge in [-0.15, -0.1) is 0 Å². The average molecular weight is 421 g/mol. The van der Waals surface area contributed by atoms with Gasteiger partial charge in [-0.3, -0.25) is 9.59 Å². The number of carbonyl (C=O) groups excluding carboxylic acids is 2. The van der Waals surface area contributed by atoms with Crippen molar-refractivity contribution in [3.05, 3.63) is 0 Å². The van der Waals surface area contributed by atoms with E-state index in [1.165, 1.54) is 26.7 Å². The minimum atomic E-state index is -0.932. The van der Waals surface area contributed by atoms with E-state index >= 15 is 0 Å². The topological polar surface area (TPSA) is 72.8 Å². The molecule has 0 unspecified atom stereocenters. The molecule has 1 N–H and O–H groups in total. The summed E-state index contributed by atoms with van der Waals surface area (Å²) in [5.74, 6) is 1.96. The Morgan fingerprint density at radius 2 is 1.63 bits per heavy atom. The standard InChI is InChI=1S/C25H40O5/c1-15(29-16(2)26)25(28)13-10-22-20-7-6-18-14-19(30-17(3)27)8-11-23(18,4)21(20)9-12-24(22,25)5/h15,18-22,28H,6-14H2,1-5H3/t15-,18+,19-,20-,21-,22-,23+,24-,25+/m1/s1. The molecule has 0 heterocycles. The highest BCUT2D eigenvalue weighted by Crippen LogP contribution is 2.68. The molecule has 5 heteroatoms. The zero-order valence-corrected chi connectivity index (χ0v) is 19.4. The zero-order chi connectivity index (χ0) is 21.9. The smallest absolute Gasteiger partial charge is 0.302 e. The fourth-order valence-electron chi connectivity index (χ4n) is 8.63. The van der Waals surface area contributed by atoms with Crippen molar-refractivity contribution in [1.29, 1.82) is 0 Å². The SMILES string of the molecule is CC(=O)O[C@@H]1CC[C@@]2(C)[C@@H](CC[C@@H]3[C@H]2CC[C@]2(C)[C@@H]3CC[C@]2(O)[C@@H](C)OC(C)=O)C1. The van der Waals surface area contributed by atoms with E-state index < -0.39 is 11.7 Å². The lowest BCUT2D eigenvalue weighted by molar-refractivity contribution is -0.201. The Balaban J connectivity index is 1.54. The number of ether oxygens (including phenoxy) is 2. The molecule has 5 nitrogen and oxygen atoms in total. The molecule has 4 rings (SSSR count). The lowest BCUT2D eigenvalue weighted by Crippen LogP contribution is -2.60. The summed E-state index contributed by atoms with van der Waals surface area (Å²) in [5, 5.41) is 11.7. The first-order chi connectivity index (χ1) is 14.0. The molecule has 0 aromatic heterocycles. The fourth-order valence-corrected chi connectivity index (χ4v) is 8.63. The Bertz CT molecular complexity index is 706. The van der Waals surface area contributed by atoms with Crippen molar-refractivity contribution in [3.63, 3.8) is 0 Å². The molecule has 4 aliphatic carbocycles. The molecule has 0 aromatic rings. The maximum absolute atomic E-state index is 11.7. The Morgan fingerprint density at radius 3 is 2.30 bits per heavy atom. The highest BCUT2D eigenvalue weighted by atomic mass is 16.6. The van der Waals surface area contributed by atoms with Gasteiger partial charge in [0.05, 0.1) is 0 Å². The van der Waals surface area contributed by atoms with Crippen molar-refractivity contribution < 1.29 is 24.2 Å². The lowest BCUT2D eigenvalue weighted by Gasteiger charge is -2.62. The summed E-state index contributed by atoms with van der Waals surface area (Å²) in [7, 11) is 0. The van der Waals surface area contributed by atoms with Gasteiger partial charge in [0.2, 0.25) is 0 Å². The largest absolute Gasteiger partial charge is 0.463 e. The molecule has 9 atom stereocenters. The normalized spacial score (nSPS) is 48.7. The molecule has 4 saturated carbocycles. The fraction of sp³-hybridized carbons (Fsp3) is 0.920. The first-order valence-corrected chi connectivity index (χ1v) is 12.1. The van der Waals surface area contributed by atoms with Crippen LogP contribution in [0, 0.1) is 34.5 Å². The molecule has 0 aromatic carbocycles. The Kier molecular flexibility index (Phi) is 5.52. The van der Waals surface area contributed by atoms with E-state index in [2.05, 4.69) is 13.8 Å². The van der Waals surface area contributed by atoms with Crippen LogP contribution in [0.25, 0.3) is 0 Å². The van der Waals surface area contributed by atoms with Crippen LogP contribution in [0.2, 0.25) is 0 Å². The maximum atomic E-state index is 11.7. The molecule has 0 aliphatic heterocycles. The van der Waals surface area contributed by atoms with E-state index in [9.17, 15) is 14.7 Å². The van der Waals surface area contributed by atoms with E-state index in [1.54, 1.807) is 0 Å². The molecule has 4 fully saturated rings. The highest BCUT2D eigenvalue weighted by molar-refractivity contribution is 5.66. The molecule has 0 saturated heterocycles. The minimum Gasteiger partial charge on any atom is -0.463 e. The first kappa shape index (κ1) is 22.1. The van der Waals surface area contributed by atoms with Crippen LogP contribution in [0.4, 0.5) is 0 Å². The molecule has 170 valence electrons. The van der Waals surface area contributed by atoms with Crippen molar-refractivity contribution in [2.45, 2.75) is 110 Å². The van der Waals surface area contributed by atoms with Crippen molar-refractivity contribution >= 4 is 11.9 Å². The van der Waals surface area contributed by atoms with Gasteiger partial charge in [-0.05, 0) is 93.8 Å². The van der Waals surface area contributed by atoms with Crippen LogP contribution < -0.4 is 0 Å². The van der Waals surface area contributed by atoms with Gasteiger partial charge in [0, 0.05) is 19.3 Å². The highest BCUT2D eigenvalue weighted by Gasteiger charge is 2.66. The summed E-state index contributed by atoms with van der Waals surface area (Å²) < 4.78 is 11.1. The quantitative estimate of drug-likeness (QED) is 0.673. The van der Waals surface area contributed by atoms with Crippen molar-refractivity contribution in [2.24, 2.45) is 34.5 Å². The number of carbonyl (C=O) groups is 2. The summed E-state index contributed by atoms with van der Waals surface area (Å²) in [6, 6.07) is 0. The van der Waals surface area contributed by atoms with E-state index in [0.29, 0.717) is 29.1 Å².